The number of nitrogens with two attached hydrogens (primary N) is 2. The predicted octanol–water partition coefficient (Wildman–Crippen LogP) is 0.642. The van der Waals surface area contributed by atoms with Crippen molar-refractivity contribution in [2.24, 2.45) is 10.8 Å². The van der Waals surface area contributed by atoms with E-state index >= 15 is 0 Å². The average molecular weight is 269 g/mol. The summed E-state index contributed by atoms with van der Waals surface area (Å²) < 4.78 is 0. The van der Waals surface area contributed by atoms with Gasteiger partial charge in [0.2, 0.25) is 0 Å². The maximum absolute atomic E-state index is 11.1. The zero-order valence-corrected chi connectivity index (χ0v) is 9.43. The van der Waals surface area contributed by atoms with Crippen molar-refractivity contribution >= 4 is 23.5 Å². The number of para-hydroxylation sites is 1. The molecule has 1 rings (SSSR count). The van der Waals surface area contributed by atoms with Gasteiger partial charge in [-0.1, -0.05) is 30.0 Å². The summed E-state index contributed by atoms with van der Waals surface area (Å²) in [6.07, 6.45) is 1.38. The van der Waals surface area contributed by atoms with Crippen molar-refractivity contribution < 1.29 is 21.6 Å². The standard InChI is InChI=1S/C8H9N3OS.H2N.Ni/c9-8(13)11-10-5-6-3-1-2-4-7(6)12;;/h1-5,12H,(H3,9,11,13);1H2;/q;-1;+2/p-1/b10-5+;;. The number of benzene rings is 1. The Morgan fingerprint density at radius 1 is 1.47 bits per heavy atom. The molecule has 0 saturated heterocycles. The van der Waals surface area contributed by atoms with Crippen LogP contribution in [-0.2, 0) is 16.5 Å². The van der Waals surface area contributed by atoms with Gasteiger partial charge in [0.15, 0.2) is 5.11 Å². The molecule has 0 fully saturated rings. The summed E-state index contributed by atoms with van der Waals surface area (Å²) in [5, 5.41) is 14.8. The summed E-state index contributed by atoms with van der Waals surface area (Å²) >= 11 is 4.52. The molecule has 0 spiro atoms. The Morgan fingerprint density at radius 2 is 2.07 bits per heavy atom. The maximum atomic E-state index is 11.1. The molecule has 0 unspecified atom stereocenters. The molecule has 0 atom stereocenters. The molecule has 7 heteroatoms. The van der Waals surface area contributed by atoms with E-state index in [4.69, 9.17) is 5.73 Å². The Bertz CT molecular complexity index is 345. The maximum Gasteiger partial charge on any atom is 2.00 e. The normalized spacial score (nSPS) is 8.80. The quantitative estimate of drug-likeness (QED) is 0.355. The summed E-state index contributed by atoms with van der Waals surface area (Å²) in [5.41, 5.74) is 7.98. The van der Waals surface area contributed by atoms with Gasteiger partial charge in [0.25, 0.3) is 0 Å². The van der Waals surface area contributed by atoms with Crippen LogP contribution in [0.4, 0.5) is 0 Å². The minimum Gasteiger partial charge on any atom is -0.872 e. The Labute approximate surface area is 103 Å². The average Bonchev–Trinajstić information content (AvgIpc) is 2.08. The minimum absolute atomic E-state index is 0. The first-order valence-corrected chi connectivity index (χ1v) is 3.95. The summed E-state index contributed by atoms with van der Waals surface area (Å²) in [5.74, 6) is -0.0870. The van der Waals surface area contributed by atoms with Crippen molar-refractivity contribution in [3.05, 3.63) is 36.0 Å². The number of thiocarbonyl (C=S) groups is 1. The van der Waals surface area contributed by atoms with Gasteiger partial charge in [-0.15, -0.1) is 0 Å². The number of hydrogen-bond acceptors (Lipinski definition) is 3. The second-order valence-corrected chi connectivity index (χ2v) is 2.71. The van der Waals surface area contributed by atoms with Gasteiger partial charge in [0.1, 0.15) is 0 Å². The molecular formula is C8H10N4NiOS. The van der Waals surface area contributed by atoms with E-state index in [1.54, 1.807) is 18.2 Å². The largest absolute Gasteiger partial charge is 2.00 e. The molecule has 84 valence electrons. The molecule has 0 aliphatic heterocycles. The van der Waals surface area contributed by atoms with Crippen LogP contribution in [0.1, 0.15) is 5.56 Å². The van der Waals surface area contributed by atoms with Crippen LogP contribution in [0.2, 0.25) is 0 Å². The van der Waals surface area contributed by atoms with Crippen molar-refractivity contribution in [3.63, 3.8) is 0 Å². The molecule has 0 aliphatic carbocycles. The third-order valence-electron chi connectivity index (χ3n) is 1.30. The fraction of sp³-hybridized carbons (Fsp3) is 0. The van der Waals surface area contributed by atoms with Crippen molar-refractivity contribution in [1.29, 1.82) is 0 Å². The summed E-state index contributed by atoms with van der Waals surface area (Å²) in [7, 11) is 0. The van der Waals surface area contributed by atoms with Crippen LogP contribution >= 0.6 is 12.2 Å². The van der Waals surface area contributed by atoms with E-state index in [1.165, 1.54) is 12.3 Å². The van der Waals surface area contributed by atoms with Gasteiger partial charge in [-0.25, -0.2) is 0 Å². The molecule has 5 nitrogen and oxygen atoms in total. The Balaban J connectivity index is 0. The van der Waals surface area contributed by atoms with Crippen LogP contribution in [0.3, 0.4) is 0 Å². The van der Waals surface area contributed by atoms with Crippen molar-refractivity contribution in [2.75, 3.05) is 0 Å². The smallest absolute Gasteiger partial charge is 0.872 e. The summed E-state index contributed by atoms with van der Waals surface area (Å²) in [6.45, 7) is 0. The van der Waals surface area contributed by atoms with E-state index in [9.17, 15) is 5.11 Å². The summed E-state index contributed by atoms with van der Waals surface area (Å²) in [4.78, 5) is 0. The van der Waals surface area contributed by atoms with Crippen LogP contribution in [0.5, 0.6) is 5.75 Å². The van der Waals surface area contributed by atoms with Gasteiger partial charge in [-0.05, 0) is 17.8 Å². The molecule has 0 amide bonds. The fourth-order valence-corrected chi connectivity index (χ4v) is 0.805. The topological polar surface area (TPSA) is 107 Å². The molecule has 0 bridgehead atoms. The first-order chi connectivity index (χ1) is 6.20. The van der Waals surface area contributed by atoms with Gasteiger partial charge in [-0.3, -0.25) is 5.43 Å². The van der Waals surface area contributed by atoms with Crippen LogP contribution in [0.15, 0.2) is 29.4 Å². The Hall–Kier alpha value is -1.17. The molecular weight excluding hydrogens is 259 g/mol. The van der Waals surface area contributed by atoms with Crippen LogP contribution in [0.25, 0.3) is 6.15 Å². The van der Waals surface area contributed by atoms with E-state index in [-0.39, 0.29) is 33.5 Å². The SMILES string of the molecule is NC(=S)N/N=C/c1ccccc1[O-].[NH2-].[Ni+2]. The van der Waals surface area contributed by atoms with E-state index in [0.29, 0.717) is 5.56 Å². The zero-order chi connectivity index (χ0) is 9.68. The number of nitrogens with zero attached hydrogens (tertiary/aromatic N) is 1. The predicted molar refractivity (Wildman–Crippen MR) is 58.7 cm³/mol. The molecule has 0 radical (unpaired) electrons. The number of hydrazone groups is 1. The first-order valence-electron chi connectivity index (χ1n) is 3.54. The van der Waals surface area contributed by atoms with E-state index < -0.39 is 0 Å². The Morgan fingerprint density at radius 3 is 2.60 bits per heavy atom. The number of nitrogens with one attached hydrogen (secondary N) is 1. The van der Waals surface area contributed by atoms with Crippen LogP contribution in [0, 0.1) is 0 Å². The summed E-state index contributed by atoms with van der Waals surface area (Å²) in [6, 6.07) is 6.54. The molecule has 1 aromatic rings. The second kappa shape index (κ2) is 8.17. The first kappa shape index (κ1) is 16.3. The number of rotatable bonds is 2. The molecule has 0 heterocycles. The van der Waals surface area contributed by atoms with Crippen molar-refractivity contribution in [3.8, 4) is 5.75 Å². The van der Waals surface area contributed by atoms with E-state index in [2.05, 4.69) is 22.7 Å². The second-order valence-electron chi connectivity index (χ2n) is 2.27. The monoisotopic (exact) mass is 268 g/mol. The number of hydrogen-bond donors (Lipinski definition) is 2. The van der Waals surface area contributed by atoms with Crippen LogP contribution < -0.4 is 16.3 Å². The molecule has 1 aromatic carbocycles. The van der Waals surface area contributed by atoms with E-state index in [1.807, 2.05) is 0 Å². The van der Waals surface area contributed by atoms with Gasteiger partial charge in [0.05, 0.1) is 6.21 Å². The van der Waals surface area contributed by atoms with Crippen molar-refractivity contribution in [2.45, 2.75) is 0 Å². The fourth-order valence-electron chi connectivity index (χ4n) is 0.753. The van der Waals surface area contributed by atoms with E-state index in [0.717, 1.165) is 0 Å². The zero-order valence-electron chi connectivity index (χ0n) is 7.62. The molecule has 0 aliphatic rings. The van der Waals surface area contributed by atoms with Crippen molar-refractivity contribution in [1.82, 2.24) is 5.43 Å². The Kier molecular flexibility index (Phi) is 8.86. The third-order valence-corrected chi connectivity index (χ3v) is 1.39. The minimum atomic E-state index is -0.0870. The molecule has 0 aromatic heterocycles. The molecule has 0 saturated carbocycles. The molecule has 5 N–H and O–H groups in total. The molecule has 15 heavy (non-hydrogen) atoms. The van der Waals surface area contributed by atoms with Gasteiger partial charge >= 0.3 is 16.5 Å². The van der Waals surface area contributed by atoms with Gasteiger partial charge in [-0.2, -0.15) is 5.10 Å². The third kappa shape index (κ3) is 6.01. The van der Waals surface area contributed by atoms with Gasteiger partial charge in [0, 0.05) is 0 Å². The van der Waals surface area contributed by atoms with Gasteiger partial charge < -0.3 is 17.0 Å². The van der Waals surface area contributed by atoms with Crippen LogP contribution in [-0.4, -0.2) is 11.3 Å².